The molecule has 1 aromatic rings. The highest BCUT2D eigenvalue weighted by Gasteiger charge is 2.15. The van der Waals surface area contributed by atoms with E-state index in [1.165, 1.54) is 16.7 Å². The highest BCUT2D eigenvalue weighted by atomic mass is 16.5. The zero-order valence-corrected chi connectivity index (χ0v) is 11.1. The van der Waals surface area contributed by atoms with Crippen LogP contribution in [0.1, 0.15) is 30.5 Å². The molecular formula is C14H23NO. The Morgan fingerprint density at radius 3 is 2.56 bits per heavy atom. The molecule has 1 aromatic carbocycles. The predicted octanol–water partition coefficient (Wildman–Crippen LogP) is 2.82. The Balaban J connectivity index is 2.53. The molecule has 90 valence electrons. The lowest BCUT2D eigenvalue weighted by Gasteiger charge is -2.23. The number of benzene rings is 1. The summed E-state index contributed by atoms with van der Waals surface area (Å²) < 4.78 is 5.37. The zero-order valence-electron chi connectivity index (χ0n) is 11.1. The van der Waals surface area contributed by atoms with Gasteiger partial charge in [0.15, 0.2) is 0 Å². The molecule has 0 aromatic heterocycles. The molecule has 0 bridgehead atoms. The third kappa shape index (κ3) is 3.62. The molecule has 0 spiro atoms. The minimum Gasteiger partial charge on any atom is -0.377 e. The molecule has 0 atom stereocenters. The van der Waals surface area contributed by atoms with Gasteiger partial charge >= 0.3 is 0 Å². The molecule has 0 unspecified atom stereocenters. The summed E-state index contributed by atoms with van der Waals surface area (Å²) in [6.07, 6.45) is 0. The van der Waals surface area contributed by atoms with Crippen LogP contribution in [0.2, 0.25) is 0 Å². The standard InChI is InChI=1S/C14H23NO/c1-11-7-6-8-13(12(11)2)9-15-10-14(3,4)16-5/h6-8,15H,9-10H2,1-5H3. The first-order valence-corrected chi connectivity index (χ1v) is 5.77. The first-order chi connectivity index (χ1) is 7.46. The Kier molecular flexibility index (Phi) is 4.51. The van der Waals surface area contributed by atoms with E-state index >= 15 is 0 Å². The van der Waals surface area contributed by atoms with Crippen molar-refractivity contribution in [3.63, 3.8) is 0 Å². The van der Waals surface area contributed by atoms with Crippen molar-refractivity contribution in [1.82, 2.24) is 5.32 Å². The maximum atomic E-state index is 5.37. The third-order valence-corrected chi connectivity index (χ3v) is 3.14. The van der Waals surface area contributed by atoms with Gasteiger partial charge in [-0.05, 0) is 44.4 Å². The molecule has 16 heavy (non-hydrogen) atoms. The molecule has 1 rings (SSSR count). The van der Waals surface area contributed by atoms with Gasteiger partial charge < -0.3 is 10.1 Å². The summed E-state index contributed by atoms with van der Waals surface area (Å²) in [5, 5.41) is 3.44. The number of methoxy groups -OCH3 is 1. The van der Waals surface area contributed by atoms with Crippen molar-refractivity contribution in [3.8, 4) is 0 Å². The number of nitrogens with one attached hydrogen (secondary N) is 1. The predicted molar refractivity (Wildman–Crippen MR) is 68.7 cm³/mol. The molecule has 0 aliphatic carbocycles. The van der Waals surface area contributed by atoms with Gasteiger partial charge in [-0.15, -0.1) is 0 Å². The largest absolute Gasteiger partial charge is 0.377 e. The fourth-order valence-electron chi connectivity index (χ4n) is 1.57. The summed E-state index contributed by atoms with van der Waals surface area (Å²) in [6, 6.07) is 6.44. The van der Waals surface area contributed by atoms with Gasteiger partial charge in [0.1, 0.15) is 0 Å². The quantitative estimate of drug-likeness (QED) is 0.825. The molecule has 1 N–H and O–H groups in total. The fourth-order valence-corrected chi connectivity index (χ4v) is 1.57. The van der Waals surface area contributed by atoms with Crippen LogP contribution in [0.15, 0.2) is 18.2 Å². The summed E-state index contributed by atoms with van der Waals surface area (Å²) >= 11 is 0. The van der Waals surface area contributed by atoms with E-state index in [0.29, 0.717) is 0 Å². The summed E-state index contributed by atoms with van der Waals surface area (Å²) in [5.41, 5.74) is 4.00. The second-order valence-corrected chi connectivity index (χ2v) is 4.93. The van der Waals surface area contributed by atoms with Crippen LogP contribution in [-0.2, 0) is 11.3 Å². The molecule has 0 amide bonds. The summed E-state index contributed by atoms with van der Waals surface area (Å²) in [4.78, 5) is 0. The molecule has 0 heterocycles. The second kappa shape index (κ2) is 5.46. The van der Waals surface area contributed by atoms with E-state index in [-0.39, 0.29) is 5.60 Å². The lowest BCUT2D eigenvalue weighted by Crippen LogP contribution is -2.36. The van der Waals surface area contributed by atoms with E-state index in [9.17, 15) is 0 Å². The molecule has 0 saturated heterocycles. The lowest BCUT2D eigenvalue weighted by atomic mass is 10.0. The number of rotatable bonds is 5. The van der Waals surface area contributed by atoms with Crippen molar-refractivity contribution in [2.45, 2.75) is 39.8 Å². The van der Waals surface area contributed by atoms with Crippen LogP contribution in [-0.4, -0.2) is 19.3 Å². The molecule has 2 heteroatoms. The van der Waals surface area contributed by atoms with Gasteiger partial charge in [-0.25, -0.2) is 0 Å². The molecule has 2 nitrogen and oxygen atoms in total. The fraction of sp³-hybridized carbons (Fsp3) is 0.571. The number of ether oxygens (including phenoxy) is 1. The molecule has 0 aliphatic heterocycles. The van der Waals surface area contributed by atoms with Crippen LogP contribution < -0.4 is 5.32 Å². The Bertz CT molecular complexity index is 345. The van der Waals surface area contributed by atoms with Gasteiger partial charge in [-0.3, -0.25) is 0 Å². The van der Waals surface area contributed by atoms with Gasteiger partial charge in [-0.1, -0.05) is 18.2 Å². The van der Waals surface area contributed by atoms with E-state index in [1.807, 2.05) is 0 Å². The average Bonchev–Trinajstić information content (AvgIpc) is 2.24. The lowest BCUT2D eigenvalue weighted by molar-refractivity contribution is 0.0230. The summed E-state index contributed by atoms with van der Waals surface area (Å²) in [7, 11) is 1.75. The van der Waals surface area contributed by atoms with Gasteiger partial charge in [0.2, 0.25) is 0 Å². The highest BCUT2D eigenvalue weighted by molar-refractivity contribution is 5.32. The van der Waals surface area contributed by atoms with Crippen molar-refractivity contribution >= 4 is 0 Å². The van der Waals surface area contributed by atoms with Crippen LogP contribution >= 0.6 is 0 Å². The highest BCUT2D eigenvalue weighted by Crippen LogP contribution is 2.13. The Morgan fingerprint density at radius 2 is 1.94 bits per heavy atom. The summed E-state index contributed by atoms with van der Waals surface area (Å²) in [6.45, 7) is 10.3. The first kappa shape index (κ1) is 13.2. The Hall–Kier alpha value is -0.860. The first-order valence-electron chi connectivity index (χ1n) is 5.77. The van der Waals surface area contributed by atoms with Gasteiger partial charge in [0.05, 0.1) is 5.60 Å². The van der Waals surface area contributed by atoms with Crippen molar-refractivity contribution in [2.24, 2.45) is 0 Å². The molecule has 0 fully saturated rings. The SMILES string of the molecule is COC(C)(C)CNCc1cccc(C)c1C. The Labute approximate surface area is 99.0 Å². The number of hydrogen-bond donors (Lipinski definition) is 1. The zero-order chi connectivity index (χ0) is 12.2. The average molecular weight is 221 g/mol. The van der Waals surface area contributed by atoms with Crippen LogP contribution in [0, 0.1) is 13.8 Å². The maximum absolute atomic E-state index is 5.37. The van der Waals surface area contributed by atoms with Crippen LogP contribution in [0.4, 0.5) is 0 Å². The van der Waals surface area contributed by atoms with Gasteiger partial charge in [0.25, 0.3) is 0 Å². The summed E-state index contributed by atoms with van der Waals surface area (Å²) in [5.74, 6) is 0. The van der Waals surface area contributed by atoms with Crippen molar-refractivity contribution in [2.75, 3.05) is 13.7 Å². The van der Waals surface area contributed by atoms with Gasteiger partial charge in [0, 0.05) is 20.2 Å². The normalized spacial score (nSPS) is 11.8. The minimum atomic E-state index is -0.0995. The number of hydrogen-bond acceptors (Lipinski definition) is 2. The van der Waals surface area contributed by atoms with E-state index < -0.39 is 0 Å². The van der Waals surface area contributed by atoms with Crippen molar-refractivity contribution in [3.05, 3.63) is 34.9 Å². The van der Waals surface area contributed by atoms with Crippen LogP contribution in [0.5, 0.6) is 0 Å². The monoisotopic (exact) mass is 221 g/mol. The number of aryl methyl sites for hydroxylation is 1. The smallest absolute Gasteiger partial charge is 0.0746 e. The van der Waals surface area contributed by atoms with E-state index in [4.69, 9.17) is 4.74 Å². The molecule has 0 aliphatic rings. The topological polar surface area (TPSA) is 21.3 Å². The Morgan fingerprint density at radius 1 is 1.25 bits per heavy atom. The van der Waals surface area contributed by atoms with Gasteiger partial charge in [-0.2, -0.15) is 0 Å². The molecule has 0 saturated carbocycles. The van der Waals surface area contributed by atoms with E-state index in [1.54, 1.807) is 7.11 Å². The van der Waals surface area contributed by atoms with E-state index in [0.717, 1.165) is 13.1 Å². The third-order valence-electron chi connectivity index (χ3n) is 3.14. The van der Waals surface area contributed by atoms with Crippen molar-refractivity contribution < 1.29 is 4.74 Å². The van der Waals surface area contributed by atoms with Crippen molar-refractivity contribution in [1.29, 1.82) is 0 Å². The maximum Gasteiger partial charge on any atom is 0.0746 e. The second-order valence-electron chi connectivity index (χ2n) is 4.93. The molecule has 0 radical (unpaired) electrons. The van der Waals surface area contributed by atoms with Crippen LogP contribution in [0.25, 0.3) is 0 Å². The van der Waals surface area contributed by atoms with Crippen LogP contribution in [0.3, 0.4) is 0 Å². The minimum absolute atomic E-state index is 0.0995. The molecular weight excluding hydrogens is 198 g/mol. The van der Waals surface area contributed by atoms with E-state index in [2.05, 4.69) is 51.2 Å².